The van der Waals surface area contributed by atoms with Gasteiger partial charge < -0.3 is 9.94 Å². The van der Waals surface area contributed by atoms with Gasteiger partial charge in [-0.15, -0.1) is 0 Å². The number of hydrogen-bond acceptors (Lipinski definition) is 5. The molecule has 0 unspecified atom stereocenters. The fourth-order valence-electron chi connectivity index (χ4n) is 2.39. The highest BCUT2D eigenvalue weighted by molar-refractivity contribution is 7.92. The van der Waals surface area contributed by atoms with Crippen molar-refractivity contribution in [2.24, 2.45) is 5.16 Å². The van der Waals surface area contributed by atoms with E-state index in [0.29, 0.717) is 43.0 Å². The Kier molecular flexibility index (Phi) is 5.19. The largest absolute Gasteiger partial charge is 0.411 e. The van der Waals surface area contributed by atoms with Gasteiger partial charge in [0.25, 0.3) is 0 Å². The first-order valence-electron chi connectivity index (χ1n) is 6.98. The summed E-state index contributed by atoms with van der Waals surface area (Å²) in [5.41, 5.74) is 1.75. The second-order valence-corrected chi connectivity index (χ2v) is 6.77. The number of rotatable bonds is 5. The Balaban J connectivity index is 2.36. The highest BCUT2D eigenvalue weighted by atomic mass is 32.2. The second kappa shape index (κ2) is 6.91. The molecule has 1 N–H and O–H groups in total. The molecule has 1 aliphatic rings. The van der Waals surface area contributed by atoms with E-state index >= 15 is 0 Å². The van der Waals surface area contributed by atoms with E-state index < -0.39 is 10.0 Å². The summed E-state index contributed by atoms with van der Waals surface area (Å²) in [7, 11) is -3.45. The van der Waals surface area contributed by atoms with Gasteiger partial charge in [0.05, 0.1) is 23.8 Å². The van der Waals surface area contributed by atoms with Crippen molar-refractivity contribution in [2.75, 3.05) is 29.8 Å². The minimum Gasteiger partial charge on any atom is -0.411 e. The maximum atomic E-state index is 12.5. The zero-order chi connectivity index (χ0) is 15.3. The van der Waals surface area contributed by atoms with Crippen molar-refractivity contribution in [3.63, 3.8) is 0 Å². The normalized spacial score (nSPS) is 17.6. The van der Waals surface area contributed by atoms with Gasteiger partial charge in [-0.25, -0.2) is 8.42 Å². The number of anilines is 1. The van der Waals surface area contributed by atoms with Crippen LogP contribution in [0.4, 0.5) is 5.69 Å². The standard InChI is InChI=1S/C14H20N2O4S/c1-2-20-10-11-21(18,19)16-9-5-7-13(15-17)12-6-3-4-8-14(12)16/h3-4,6,8,17H,2,5,7,9-11H2,1H3/b15-13-. The molecular weight excluding hydrogens is 292 g/mol. The van der Waals surface area contributed by atoms with Crippen molar-refractivity contribution in [1.82, 2.24) is 0 Å². The van der Waals surface area contributed by atoms with E-state index in [1.807, 2.05) is 6.92 Å². The third-order valence-corrected chi connectivity index (χ3v) is 5.14. The average molecular weight is 312 g/mol. The molecule has 0 bridgehead atoms. The second-order valence-electron chi connectivity index (χ2n) is 4.75. The first-order valence-corrected chi connectivity index (χ1v) is 8.59. The number of hydrogen-bond donors (Lipinski definition) is 1. The van der Waals surface area contributed by atoms with Crippen LogP contribution >= 0.6 is 0 Å². The lowest BCUT2D eigenvalue weighted by atomic mass is 10.1. The van der Waals surface area contributed by atoms with Crippen molar-refractivity contribution in [2.45, 2.75) is 19.8 Å². The van der Waals surface area contributed by atoms with E-state index in [4.69, 9.17) is 9.94 Å². The summed E-state index contributed by atoms with van der Waals surface area (Å²) in [6, 6.07) is 7.11. The van der Waals surface area contributed by atoms with E-state index in [1.165, 1.54) is 4.31 Å². The monoisotopic (exact) mass is 312 g/mol. The van der Waals surface area contributed by atoms with Crippen molar-refractivity contribution in [3.8, 4) is 0 Å². The lowest BCUT2D eigenvalue weighted by Gasteiger charge is -2.24. The zero-order valence-electron chi connectivity index (χ0n) is 12.0. The Labute approximate surface area is 125 Å². The summed E-state index contributed by atoms with van der Waals surface area (Å²) >= 11 is 0. The van der Waals surface area contributed by atoms with Crippen LogP contribution in [0.15, 0.2) is 29.4 Å². The van der Waals surface area contributed by atoms with Crippen LogP contribution in [0.25, 0.3) is 0 Å². The zero-order valence-corrected chi connectivity index (χ0v) is 12.8. The third-order valence-electron chi connectivity index (χ3n) is 3.40. The van der Waals surface area contributed by atoms with Gasteiger partial charge in [0.15, 0.2) is 0 Å². The molecule has 21 heavy (non-hydrogen) atoms. The molecule has 0 atom stereocenters. The molecule has 116 valence electrons. The molecule has 1 heterocycles. The summed E-state index contributed by atoms with van der Waals surface area (Å²) in [6.07, 6.45) is 1.16. The fraction of sp³-hybridized carbons (Fsp3) is 0.500. The summed E-state index contributed by atoms with van der Waals surface area (Å²) in [5, 5.41) is 12.4. The molecule has 0 saturated carbocycles. The molecule has 1 aromatic rings. The fourth-order valence-corrected chi connectivity index (χ4v) is 3.81. The Morgan fingerprint density at radius 2 is 2.14 bits per heavy atom. The predicted molar refractivity (Wildman–Crippen MR) is 81.6 cm³/mol. The molecule has 2 rings (SSSR count). The van der Waals surface area contributed by atoms with Crippen LogP contribution in [0.3, 0.4) is 0 Å². The lowest BCUT2D eigenvalue weighted by Crippen LogP contribution is -2.35. The van der Waals surface area contributed by atoms with Crippen molar-refractivity contribution in [3.05, 3.63) is 29.8 Å². The maximum absolute atomic E-state index is 12.5. The molecule has 0 amide bonds. The van der Waals surface area contributed by atoms with E-state index in [0.717, 1.165) is 0 Å². The van der Waals surface area contributed by atoms with Crippen LogP contribution in [0.5, 0.6) is 0 Å². The maximum Gasteiger partial charge on any atom is 0.237 e. The molecule has 0 radical (unpaired) electrons. The topological polar surface area (TPSA) is 79.2 Å². The molecule has 0 aromatic heterocycles. The Bertz CT molecular complexity index is 613. The SMILES string of the molecule is CCOCCS(=O)(=O)N1CCC/C(=N/O)c2ccccc21. The number of ether oxygens (including phenoxy) is 1. The van der Waals surface area contributed by atoms with E-state index in [9.17, 15) is 8.42 Å². The highest BCUT2D eigenvalue weighted by Crippen LogP contribution is 2.28. The van der Waals surface area contributed by atoms with Gasteiger partial charge in [0.1, 0.15) is 0 Å². The Hall–Kier alpha value is -1.60. The summed E-state index contributed by atoms with van der Waals surface area (Å²) in [6.45, 7) is 2.88. The number of fused-ring (bicyclic) bond motifs is 1. The first kappa shape index (κ1) is 15.8. The van der Waals surface area contributed by atoms with Gasteiger partial charge in [-0.2, -0.15) is 0 Å². The van der Waals surface area contributed by atoms with Crippen molar-refractivity contribution in [1.29, 1.82) is 0 Å². The minimum atomic E-state index is -3.45. The van der Waals surface area contributed by atoms with Crippen molar-refractivity contribution < 1.29 is 18.4 Å². The van der Waals surface area contributed by atoms with Crippen LogP contribution in [0.1, 0.15) is 25.3 Å². The van der Waals surface area contributed by atoms with Gasteiger partial charge in [-0.1, -0.05) is 23.4 Å². The summed E-state index contributed by atoms with van der Waals surface area (Å²) in [5.74, 6) is -0.0548. The van der Waals surface area contributed by atoms with Crippen LogP contribution in [0, 0.1) is 0 Å². The summed E-state index contributed by atoms with van der Waals surface area (Å²) < 4.78 is 31.6. The van der Waals surface area contributed by atoms with E-state index in [1.54, 1.807) is 24.3 Å². The van der Waals surface area contributed by atoms with Crippen molar-refractivity contribution >= 4 is 21.4 Å². The van der Waals surface area contributed by atoms with Gasteiger partial charge in [-0.3, -0.25) is 4.31 Å². The number of para-hydroxylation sites is 1. The van der Waals surface area contributed by atoms with Crippen LogP contribution < -0.4 is 4.31 Å². The molecule has 1 aromatic carbocycles. The van der Waals surface area contributed by atoms with Gasteiger partial charge in [-0.05, 0) is 25.8 Å². The van der Waals surface area contributed by atoms with E-state index in [-0.39, 0.29) is 12.4 Å². The van der Waals surface area contributed by atoms with Gasteiger partial charge in [0, 0.05) is 18.7 Å². The molecule has 7 heteroatoms. The number of oxime groups is 1. The molecule has 6 nitrogen and oxygen atoms in total. The predicted octanol–water partition coefficient (Wildman–Crippen LogP) is 1.83. The molecule has 1 aliphatic heterocycles. The number of sulfonamides is 1. The quantitative estimate of drug-likeness (QED) is 0.511. The van der Waals surface area contributed by atoms with Crippen LogP contribution in [0.2, 0.25) is 0 Å². The molecule has 0 spiro atoms. The van der Waals surface area contributed by atoms with Gasteiger partial charge in [0.2, 0.25) is 10.0 Å². The van der Waals surface area contributed by atoms with Crippen LogP contribution in [-0.4, -0.2) is 44.8 Å². The molecule has 0 fully saturated rings. The van der Waals surface area contributed by atoms with Crippen LogP contribution in [-0.2, 0) is 14.8 Å². The summed E-state index contributed by atoms with van der Waals surface area (Å²) in [4.78, 5) is 0. The van der Waals surface area contributed by atoms with E-state index in [2.05, 4.69) is 5.16 Å². The Morgan fingerprint density at radius 1 is 1.38 bits per heavy atom. The number of nitrogens with zero attached hydrogens (tertiary/aromatic N) is 2. The first-order chi connectivity index (χ1) is 10.1. The number of benzene rings is 1. The minimum absolute atomic E-state index is 0.0548. The van der Waals surface area contributed by atoms with Gasteiger partial charge >= 0.3 is 0 Å². The lowest BCUT2D eigenvalue weighted by molar-refractivity contribution is 0.163. The molecule has 0 aliphatic carbocycles. The molecular formula is C14H20N2O4S. The smallest absolute Gasteiger partial charge is 0.237 e. The highest BCUT2D eigenvalue weighted by Gasteiger charge is 2.28. The molecule has 0 saturated heterocycles. The third kappa shape index (κ3) is 3.54. The Morgan fingerprint density at radius 3 is 2.86 bits per heavy atom. The average Bonchev–Trinajstić information content (AvgIpc) is 2.67.